The molecule has 0 aliphatic carbocycles. The minimum atomic E-state index is 0.429. The Morgan fingerprint density at radius 3 is 3.21 bits per heavy atom. The molecule has 78 valence electrons. The van der Waals surface area contributed by atoms with Crippen LogP contribution in [0.2, 0.25) is 0 Å². The summed E-state index contributed by atoms with van der Waals surface area (Å²) in [6, 6.07) is 2.22. The Kier molecular flexibility index (Phi) is 3.00. The van der Waals surface area contributed by atoms with E-state index in [1.165, 1.54) is 6.42 Å². The molecule has 0 bridgehead atoms. The van der Waals surface area contributed by atoms with Crippen LogP contribution >= 0.6 is 0 Å². The summed E-state index contributed by atoms with van der Waals surface area (Å²) in [6.07, 6.45) is 1.17. The molecule has 1 N–H and O–H groups in total. The summed E-state index contributed by atoms with van der Waals surface area (Å²) in [5.41, 5.74) is 0. The topological polar surface area (TPSA) is 56.5 Å². The summed E-state index contributed by atoms with van der Waals surface area (Å²) in [5, 5.41) is 7.00. The first-order valence-corrected chi connectivity index (χ1v) is 4.69. The van der Waals surface area contributed by atoms with Gasteiger partial charge in [-0.2, -0.15) is 0 Å². The third-order valence-corrected chi connectivity index (χ3v) is 2.18. The van der Waals surface area contributed by atoms with E-state index in [0.29, 0.717) is 30.9 Å². The second-order valence-electron chi connectivity index (χ2n) is 3.32. The minimum Gasteiger partial charge on any atom is -0.474 e. The molecule has 0 unspecified atom stereocenters. The van der Waals surface area contributed by atoms with E-state index >= 15 is 0 Å². The van der Waals surface area contributed by atoms with Crippen molar-refractivity contribution in [1.82, 2.24) is 10.5 Å². The van der Waals surface area contributed by atoms with Gasteiger partial charge in [-0.1, -0.05) is 0 Å². The molecule has 1 aliphatic rings. The highest BCUT2D eigenvalue weighted by Gasteiger charge is 2.17. The number of ether oxygens (including phenoxy) is 2. The number of aromatic nitrogens is 1. The van der Waals surface area contributed by atoms with Gasteiger partial charge in [-0.25, -0.2) is 0 Å². The third kappa shape index (κ3) is 2.24. The smallest absolute Gasteiger partial charge is 0.254 e. The van der Waals surface area contributed by atoms with Gasteiger partial charge in [0.1, 0.15) is 13.2 Å². The van der Waals surface area contributed by atoms with Gasteiger partial charge >= 0.3 is 0 Å². The average Bonchev–Trinajstić information content (AvgIpc) is 2.51. The summed E-state index contributed by atoms with van der Waals surface area (Å²) in [7, 11) is 1.61. The first-order chi connectivity index (χ1) is 6.88. The molecule has 5 nitrogen and oxygen atoms in total. The summed E-state index contributed by atoms with van der Waals surface area (Å²) >= 11 is 0. The maximum absolute atomic E-state index is 5.41. The van der Waals surface area contributed by atoms with E-state index in [1.54, 1.807) is 13.2 Å². The monoisotopic (exact) mass is 198 g/mol. The van der Waals surface area contributed by atoms with Gasteiger partial charge in [-0.05, 0) is 18.1 Å². The van der Waals surface area contributed by atoms with Crippen LogP contribution in [0.5, 0.6) is 5.88 Å². The molecule has 14 heavy (non-hydrogen) atoms. The van der Waals surface area contributed by atoms with E-state index < -0.39 is 0 Å². The third-order valence-electron chi connectivity index (χ3n) is 2.18. The maximum Gasteiger partial charge on any atom is 0.254 e. The van der Waals surface area contributed by atoms with Crippen molar-refractivity contribution in [3.63, 3.8) is 0 Å². The van der Waals surface area contributed by atoms with Crippen molar-refractivity contribution >= 4 is 0 Å². The highest BCUT2D eigenvalue weighted by atomic mass is 16.5. The van der Waals surface area contributed by atoms with E-state index in [2.05, 4.69) is 10.5 Å². The SMILES string of the molecule is COCc1cc(OC[C@@H]2CCN2)no1. The van der Waals surface area contributed by atoms with Gasteiger partial charge in [0.05, 0.1) is 0 Å². The van der Waals surface area contributed by atoms with Crippen molar-refractivity contribution < 1.29 is 14.0 Å². The molecule has 1 atom stereocenters. The molecule has 1 aromatic heterocycles. The number of hydrogen-bond donors (Lipinski definition) is 1. The summed E-state index contributed by atoms with van der Waals surface area (Å²) in [5.74, 6) is 1.22. The first-order valence-electron chi connectivity index (χ1n) is 4.69. The zero-order valence-electron chi connectivity index (χ0n) is 8.16. The highest BCUT2D eigenvalue weighted by molar-refractivity contribution is 5.10. The van der Waals surface area contributed by atoms with Crippen LogP contribution in [-0.2, 0) is 11.3 Å². The molecule has 2 rings (SSSR count). The molecule has 0 saturated carbocycles. The normalized spacial score (nSPS) is 20.5. The van der Waals surface area contributed by atoms with Gasteiger partial charge in [0.25, 0.3) is 5.88 Å². The number of rotatable bonds is 5. The summed E-state index contributed by atoms with van der Waals surface area (Å²) < 4.78 is 15.3. The summed E-state index contributed by atoms with van der Waals surface area (Å²) in [6.45, 7) is 2.17. The van der Waals surface area contributed by atoms with E-state index in [1.807, 2.05) is 0 Å². The van der Waals surface area contributed by atoms with Crippen LogP contribution in [0.25, 0.3) is 0 Å². The Bertz CT molecular complexity index is 283. The Morgan fingerprint density at radius 2 is 2.57 bits per heavy atom. The lowest BCUT2D eigenvalue weighted by Crippen LogP contribution is -2.46. The number of hydrogen-bond acceptors (Lipinski definition) is 5. The van der Waals surface area contributed by atoms with Crippen LogP contribution in [-0.4, -0.2) is 31.5 Å². The van der Waals surface area contributed by atoms with Crippen LogP contribution in [0.15, 0.2) is 10.6 Å². The van der Waals surface area contributed by atoms with E-state index in [4.69, 9.17) is 14.0 Å². The molecule has 0 aromatic carbocycles. The second-order valence-corrected chi connectivity index (χ2v) is 3.32. The number of nitrogens with zero attached hydrogens (tertiary/aromatic N) is 1. The lowest BCUT2D eigenvalue weighted by Gasteiger charge is -2.26. The largest absolute Gasteiger partial charge is 0.474 e. The van der Waals surface area contributed by atoms with Crippen molar-refractivity contribution in [3.8, 4) is 5.88 Å². The molecule has 0 radical (unpaired) electrons. The van der Waals surface area contributed by atoms with Gasteiger partial charge in [0.2, 0.25) is 0 Å². The molecule has 1 fully saturated rings. The predicted molar refractivity (Wildman–Crippen MR) is 49.1 cm³/mol. The average molecular weight is 198 g/mol. The minimum absolute atomic E-state index is 0.429. The molecule has 2 heterocycles. The van der Waals surface area contributed by atoms with Gasteiger partial charge < -0.3 is 19.3 Å². The van der Waals surface area contributed by atoms with Crippen molar-refractivity contribution in [2.24, 2.45) is 0 Å². The van der Waals surface area contributed by atoms with Crippen LogP contribution in [0, 0.1) is 0 Å². The lowest BCUT2D eigenvalue weighted by molar-refractivity contribution is 0.154. The second kappa shape index (κ2) is 4.43. The standard InChI is InChI=1S/C9H14N2O3/c1-12-6-8-4-9(11-14-8)13-5-7-2-3-10-7/h4,7,10H,2-3,5-6H2,1H3/t7-/m0/s1. The predicted octanol–water partition coefficient (Wildman–Crippen LogP) is 0.562. The van der Waals surface area contributed by atoms with Gasteiger partial charge in [0, 0.05) is 19.2 Å². The molecule has 5 heteroatoms. The molecule has 1 saturated heterocycles. The Balaban J connectivity index is 1.77. The molecule has 1 aromatic rings. The first kappa shape index (κ1) is 9.48. The van der Waals surface area contributed by atoms with Crippen molar-refractivity contribution in [3.05, 3.63) is 11.8 Å². The van der Waals surface area contributed by atoms with Crippen molar-refractivity contribution in [1.29, 1.82) is 0 Å². The van der Waals surface area contributed by atoms with Crippen LogP contribution in [0.1, 0.15) is 12.2 Å². The Labute approximate surface area is 82.4 Å². The van der Waals surface area contributed by atoms with Gasteiger partial charge in [-0.3, -0.25) is 0 Å². The lowest BCUT2D eigenvalue weighted by atomic mass is 10.1. The quantitative estimate of drug-likeness (QED) is 0.749. The molecule has 1 aliphatic heterocycles. The molecule has 0 spiro atoms. The van der Waals surface area contributed by atoms with Crippen LogP contribution in [0.4, 0.5) is 0 Å². The molecule has 0 amide bonds. The number of nitrogens with one attached hydrogen (secondary N) is 1. The van der Waals surface area contributed by atoms with E-state index in [0.717, 1.165) is 6.54 Å². The fourth-order valence-electron chi connectivity index (χ4n) is 1.25. The van der Waals surface area contributed by atoms with E-state index in [9.17, 15) is 0 Å². The highest BCUT2D eigenvalue weighted by Crippen LogP contribution is 2.13. The fraction of sp³-hybridized carbons (Fsp3) is 0.667. The van der Waals surface area contributed by atoms with E-state index in [-0.39, 0.29) is 0 Å². The fourth-order valence-corrected chi connectivity index (χ4v) is 1.25. The van der Waals surface area contributed by atoms with Crippen molar-refractivity contribution in [2.45, 2.75) is 19.1 Å². The zero-order valence-corrected chi connectivity index (χ0v) is 8.16. The Hall–Kier alpha value is -1.07. The summed E-state index contributed by atoms with van der Waals surface area (Å²) in [4.78, 5) is 0. The van der Waals surface area contributed by atoms with Crippen LogP contribution in [0.3, 0.4) is 0 Å². The zero-order chi connectivity index (χ0) is 9.80. The molecular weight excluding hydrogens is 184 g/mol. The molecular formula is C9H14N2O3. The van der Waals surface area contributed by atoms with Crippen LogP contribution < -0.4 is 10.1 Å². The number of methoxy groups -OCH3 is 1. The van der Waals surface area contributed by atoms with Gasteiger partial charge in [-0.15, -0.1) is 0 Å². The Morgan fingerprint density at radius 1 is 1.71 bits per heavy atom. The van der Waals surface area contributed by atoms with Crippen molar-refractivity contribution in [2.75, 3.05) is 20.3 Å². The maximum atomic E-state index is 5.41. The van der Waals surface area contributed by atoms with Gasteiger partial charge in [0.15, 0.2) is 5.76 Å².